The summed E-state index contributed by atoms with van der Waals surface area (Å²) in [6, 6.07) is 6.18. The minimum Gasteiger partial charge on any atom is -0.471 e. The number of nitriles is 1. The Hall–Kier alpha value is -1.92. The maximum absolute atomic E-state index is 12.8. The quantitative estimate of drug-likeness (QED) is 0.784. The summed E-state index contributed by atoms with van der Waals surface area (Å²) in [5.41, 5.74) is 0.0571. The van der Waals surface area contributed by atoms with E-state index in [4.69, 9.17) is 33.2 Å². The van der Waals surface area contributed by atoms with Gasteiger partial charge in [-0.25, -0.2) is 18.4 Å². The molecule has 0 saturated carbocycles. The van der Waals surface area contributed by atoms with Crippen LogP contribution in [0.5, 0.6) is 5.88 Å². The van der Waals surface area contributed by atoms with Gasteiger partial charge in [0.25, 0.3) is 5.88 Å². The van der Waals surface area contributed by atoms with Crippen molar-refractivity contribution in [3.63, 3.8) is 0 Å². The highest BCUT2D eigenvalue weighted by molar-refractivity contribution is 7.89. The molecule has 0 radical (unpaired) electrons. The van der Waals surface area contributed by atoms with Gasteiger partial charge < -0.3 is 4.74 Å². The molecule has 25 heavy (non-hydrogen) atoms. The van der Waals surface area contributed by atoms with Gasteiger partial charge in [-0.2, -0.15) is 9.57 Å². The second-order valence-electron chi connectivity index (χ2n) is 5.29. The average molecular weight is 399 g/mol. The molecule has 0 aliphatic carbocycles. The van der Waals surface area contributed by atoms with Crippen LogP contribution in [0.3, 0.4) is 0 Å². The van der Waals surface area contributed by atoms with E-state index in [1.165, 1.54) is 34.9 Å². The summed E-state index contributed by atoms with van der Waals surface area (Å²) < 4.78 is 32.5. The molecule has 1 saturated heterocycles. The third kappa shape index (κ3) is 3.70. The number of benzene rings is 1. The molecule has 7 nitrogen and oxygen atoms in total. The molecular weight excluding hydrogens is 387 g/mol. The predicted molar refractivity (Wildman–Crippen MR) is 91.0 cm³/mol. The Balaban J connectivity index is 1.78. The summed E-state index contributed by atoms with van der Waals surface area (Å²) >= 11 is 11.9. The van der Waals surface area contributed by atoms with E-state index in [1.807, 2.05) is 6.07 Å². The molecule has 0 spiro atoms. The monoisotopic (exact) mass is 398 g/mol. The van der Waals surface area contributed by atoms with Crippen LogP contribution in [-0.2, 0) is 10.0 Å². The van der Waals surface area contributed by atoms with E-state index in [1.54, 1.807) is 0 Å². The summed E-state index contributed by atoms with van der Waals surface area (Å²) in [7, 11) is -3.80. The van der Waals surface area contributed by atoms with Crippen molar-refractivity contribution in [1.29, 1.82) is 5.26 Å². The summed E-state index contributed by atoms with van der Waals surface area (Å²) in [6.07, 6.45) is 2.82. The molecule has 1 atom stereocenters. The highest BCUT2D eigenvalue weighted by Crippen LogP contribution is 2.30. The van der Waals surface area contributed by atoms with Crippen molar-refractivity contribution >= 4 is 33.2 Å². The van der Waals surface area contributed by atoms with E-state index in [0.29, 0.717) is 6.42 Å². The van der Waals surface area contributed by atoms with Crippen LogP contribution in [0.2, 0.25) is 10.0 Å². The third-order valence-corrected chi connectivity index (χ3v) is 6.25. The van der Waals surface area contributed by atoms with Crippen LogP contribution >= 0.6 is 23.2 Å². The van der Waals surface area contributed by atoms with Crippen LogP contribution in [0.4, 0.5) is 0 Å². The zero-order chi connectivity index (χ0) is 18.0. The minimum absolute atomic E-state index is 0.0421. The van der Waals surface area contributed by atoms with Crippen molar-refractivity contribution in [3.05, 3.63) is 46.3 Å². The molecule has 1 fully saturated rings. The van der Waals surface area contributed by atoms with Crippen molar-refractivity contribution < 1.29 is 13.2 Å². The normalized spacial score (nSPS) is 18.0. The number of nitrogens with zero attached hydrogens (tertiary/aromatic N) is 4. The largest absolute Gasteiger partial charge is 0.471 e. The first-order valence-corrected chi connectivity index (χ1v) is 9.44. The van der Waals surface area contributed by atoms with Crippen LogP contribution in [0.1, 0.15) is 12.1 Å². The molecule has 1 aliphatic heterocycles. The summed E-state index contributed by atoms with van der Waals surface area (Å²) in [6.45, 7) is 0.380. The van der Waals surface area contributed by atoms with Gasteiger partial charge in [0, 0.05) is 24.0 Å². The number of ether oxygens (including phenoxy) is 1. The Morgan fingerprint density at radius 1 is 1.28 bits per heavy atom. The first-order valence-electron chi connectivity index (χ1n) is 7.25. The van der Waals surface area contributed by atoms with Crippen molar-refractivity contribution in [2.75, 3.05) is 13.1 Å². The van der Waals surface area contributed by atoms with Gasteiger partial charge in [0.15, 0.2) is 0 Å². The Bertz CT molecular complexity index is 946. The molecule has 0 bridgehead atoms. The van der Waals surface area contributed by atoms with Crippen molar-refractivity contribution in [2.24, 2.45) is 0 Å². The average Bonchev–Trinajstić information content (AvgIpc) is 3.07. The Morgan fingerprint density at radius 3 is 2.80 bits per heavy atom. The van der Waals surface area contributed by atoms with E-state index in [-0.39, 0.29) is 39.6 Å². The van der Waals surface area contributed by atoms with Gasteiger partial charge in [0.1, 0.15) is 17.1 Å². The zero-order valence-corrected chi connectivity index (χ0v) is 15.1. The van der Waals surface area contributed by atoms with Crippen LogP contribution in [0.15, 0.2) is 35.5 Å². The van der Waals surface area contributed by atoms with Gasteiger partial charge in [-0.3, -0.25) is 0 Å². The third-order valence-electron chi connectivity index (χ3n) is 3.67. The lowest BCUT2D eigenvalue weighted by atomic mass is 10.3. The van der Waals surface area contributed by atoms with E-state index in [9.17, 15) is 8.42 Å². The Kier molecular flexibility index (Phi) is 5.11. The maximum atomic E-state index is 12.8. The van der Waals surface area contributed by atoms with Gasteiger partial charge >= 0.3 is 0 Å². The van der Waals surface area contributed by atoms with Gasteiger partial charge in [0.2, 0.25) is 15.7 Å². The molecule has 1 aliphatic rings. The molecule has 1 aromatic carbocycles. The molecule has 3 rings (SSSR count). The Labute approximate surface area is 154 Å². The van der Waals surface area contributed by atoms with E-state index in [0.717, 1.165) is 0 Å². The molecule has 0 N–H and O–H groups in total. The van der Waals surface area contributed by atoms with Crippen LogP contribution in [0.25, 0.3) is 0 Å². The summed E-state index contributed by atoms with van der Waals surface area (Å²) in [5.74, 6) is 0.0926. The van der Waals surface area contributed by atoms with Crippen molar-refractivity contribution in [3.8, 4) is 11.9 Å². The van der Waals surface area contributed by atoms with E-state index < -0.39 is 16.1 Å². The summed E-state index contributed by atoms with van der Waals surface area (Å²) in [4.78, 5) is 7.79. The number of rotatable bonds is 4. The molecular formula is C15H12Cl2N4O3S. The molecule has 1 aromatic heterocycles. The van der Waals surface area contributed by atoms with Crippen LogP contribution in [0, 0.1) is 11.3 Å². The molecule has 2 aromatic rings. The SMILES string of the molecule is N#Cc1nccnc1OC1CCN(S(=O)(=O)c2cc(Cl)ccc2Cl)C1. The lowest BCUT2D eigenvalue weighted by Crippen LogP contribution is -2.31. The number of hydrogen-bond donors (Lipinski definition) is 0. The molecule has 2 heterocycles. The fourth-order valence-electron chi connectivity index (χ4n) is 2.47. The predicted octanol–water partition coefficient (Wildman–Crippen LogP) is 2.50. The lowest BCUT2D eigenvalue weighted by Gasteiger charge is -2.18. The molecule has 130 valence electrons. The topological polar surface area (TPSA) is 96.2 Å². The second-order valence-corrected chi connectivity index (χ2v) is 8.04. The Morgan fingerprint density at radius 2 is 2.04 bits per heavy atom. The second kappa shape index (κ2) is 7.14. The number of sulfonamides is 1. The van der Waals surface area contributed by atoms with E-state index >= 15 is 0 Å². The highest BCUT2D eigenvalue weighted by atomic mass is 35.5. The molecule has 0 amide bonds. The maximum Gasteiger partial charge on any atom is 0.251 e. The van der Waals surface area contributed by atoms with Crippen molar-refractivity contribution in [2.45, 2.75) is 17.4 Å². The number of aromatic nitrogens is 2. The van der Waals surface area contributed by atoms with Gasteiger partial charge in [-0.1, -0.05) is 23.2 Å². The lowest BCUT2D eigenvalue weighted by molar-refractivity contribution is 0.205. The first kappa shape index (κ1) is 17.9. The van der Waals surface area contributed by atoms with Crippen molar-refractivity contribution in [1.82, 2.24) is 14.3 Å². The summed E-state index contributed by atoms with van der Waals surface area (Å²) in [5, 5.41) is 9.40. The zero-order valence-electron chi connectivity index (χ0n) is 12.8. The van der Waals surface area contributed by atoms with E-state index in [2.05, 4.69) is 9.97 Å². The van der Waals surface area contributed by atoms with Gasteiger partial charge in [0.05, 0.1) is 11.6 Å². The number of halogens is 2. The minimum atomic E-state index is -3.80. The van der Waals surface area contributed by atoms with Gasteiger partial charge in [-0.15, -0.1) is 0 Å². The molecule has 10 heteroatoms. The van der Waals surface area contributed by atoms with Crippen LogP contribution in [-0.4, -0.2) is 41.9 Å². The molecule has 1 unspecified atom stereocenters. The highest BCUT2D eigenvalue weighted by Gasteiger charge is 2.35. The van der Waals surface area contributed by atoms with Crippen LogP contribution < -0.4 is 4.74 Å². The first-order chi connectivity index (χ1) is 11.9. The fraction of sp³-hybridized carbons (Fsp3) is 0.267. The smallest absolute Gasteiger partial charge is 0.251 e. The van der Waals surface area contributed by atoms with Gasteiger partial charge in [-0.05, 0) is 24.6 Å². The number of hydrogen-bond acceptors (Lipinski definition) is 6. The fourth-order valence-corrected chi connectivity index (χ4v) is 4.70. The standard InChI is InChI=1S/C15H12Cl2N4O3S/c16-10-1-2-12(17)14(7-10)25(22,23)21-6-3-11(9-21)24-15-13(8-18)19-4-5-20-15/h1-2,4-5,7,11H,3,6,9H2.